The quantitative estimate of drug-likeness (QED) is 0.790. The van der Waals surface area contributed by atoms with E-state index >= 15 is 0 Å². The summed E-state index contributed by atoms with van der Waals surface area (Å²) in [5.41, 5.74) is 7.65. The normalized spacial score (nSPS) is 16.8. The molecule has 2 aromatic rings. The van der Waals surface area contributed by atoms with E-state index in [1.807, 2.05) is 19.0 Å². The van der Waals surface area contributed by atoms with Crippen molar-refractivity contribution in [3.8, 4) is 0 Å². The fraction of sp³-hybridized carbons (Fsp3) is 0.476. The van der Waals surface area contributed by atoms with E-state index in [0.29, 0.717) is 13.0 Å². The number of imidazole rings is 1. The van der Waals surface area contributed by atoms with Crippen LogP contribution in [0.5, 0.6) is 0 Å². The topological polar surface area (TPSA) is 84.5 Å². The van der Waals surface area contributed by atoms with E-state index < -0.39 is 0 Å². The molecule has 1 aliphatic rings. The van der Waals surface area contributed by atoms with Crippen molar-refractivity contribution in [2.45, 2.75) is 38.1 Å². The van der Waals surface area contributed by atoms with Crippen molar-refractivity contribution >= 4 is 17.5 Å². The largest absolute Gasteiger partial charge is 0.378 e. The number of aromatic nitrogens is 2. The molecule has 1 fully saturated rings. The van der Waals surface area contributed by atoms with Gasteiger partial charge in [0.15, 0.2) is 0 Å². The molecule has 0 saturated carbocycles. The first-order valence-electron chi connectivity index (χ1n) is 9.77. The molecule has 1 aromatic heterocycles. The second kappa shape index (κ2) is 8.91. The van der Waals surface area contributed by atoms with Crippen molar-refractivity contribution in [1.82, 2.24) is 14.5 Å². The molecule has 0 radical (unpaired) electrons. The second-order valence-electron chi connectivity index (χ2n) is 7.62. The summed E-state index contributed by atoms with van der Waals surface area (Å²) in [6.07, 6.45) is 6.62. The standard InChI is InChI=1S/C21H29N5O2/c1-24(2)18-8-5-16(6-9-18)7-10-20(28)25-12-3-4-17(14-25)21-23-11-13-26(21)15-19(22)27/h5-6,8-9,11,13,17H,3-4,7,10,12,14-15H2,1-2H3,(H2,22,27). The van der Waals surface area contributed by atoms with Gasteiger partial charge in [0.25, 0.3) is 0 Å². The third-order valence-electron chi connectivity index (χ3n) is 5.29. The maximum Gasteiger partial charge on any atom is 0.237 e. The van der Waals surface area contributed by atoms with Crippen molar-refractivity contribution in [1.29, 1.82) is 0 Å². The van der Waals surface area contributed by atoms with E-state index in [2.05, 4.69) is 34.1 Å². The van der Waals surface area contributed by atoms with Gasteiger partial charge in [0, 0.05) is 57.6 Å². The number of primary amides is 1. The number of benzene rings is 1. The molecule has 0 spiro atoms. The van der Waals surface area contributed by atoms with Gasteiger partial charge in [0.1, 0.15) is 12.4 Å². The molecular formula is C21H29N5O2. The molecule has 7 heteroatoms. The van der Waals surface area contributed by atoms with Crippen LogP contribution in [0.2, 0.25) is 0 Å². The molecule has 150 valence electrons. The van der Waals surface area contributed by atoms with Crippen LogP contribution in [0.3, 0.4) is 0 Å². The lowest BCUT2D eigenvalue weighted by Gasteiger charge is -2.32. The number of hydrogen-bond donors (Lipinski definition) is 1. The SMILES string of the molecule is CN(C)c1ccc(CCC(=O)N2CCCC(c3nccn3CC(N)=O)C2)cc1. The van der Waals surface area contributed by atoms with E-state index in [1.165, 1.54) is 5.56 Å². The van der Waals surface area contributed by atoms with Crippen LogP contribution in [0.15, 0.2) is 36.7 Å². The number of nitrogens with two attached hydrogens (primary N) is 1. The van der Waals surface area contributed by atoms with Crippen molar-refractivity contribution in [2.75, 3.05) is 32.1 Å². The Morgan fingerprint density at radius 3 is 2.68 bits per heavy atom. The Kier molecular flexibility index (Phi) is 6.34. The van der Waals surface area contributed by atoms with Crippen LogP contribution in [0.4, 0.5) is 5.69 Å². The van der Waals surface area contributed by atoms with E-state index in [9.17, 15) is 9.59 Å². The lowest BCUT2D eigenvalue weighted by molar-refractivity contribution is -0.132. The minimum Gasteiger partial charge on any atom is -0.378 e. The van der Waals surface area contributed by atoms with Gasteiger partial charge in [-0.1, -0.05) is 12.1 Å². The average molecular weight is 383 g/mol. The fourth-order valence-corrected chi connectivity index (χ4v) is 3.77. The Hall–Kier alpha value is -2.83. The highest BCUT2D eigenvalue weighted by molar-refractivity contribution is 5.76. The van der Waals surface area contributed by atoms with Crippen molar-refractivity contribution < 1.29 is 9.59 Å². The number of amides is 2. The molecule has 1 atom stereocenters. The van der Waals surface area contributed by atoms with Crippen LogP contribution >= 0.6 is 0 Å². The maximum atomic E-state index is 12.7. The van der Waals surface area contributed by atoms with Crippen molar-refractivity contribution in [3.63, 3.8) is 0 Å². The minimum atomic E-state index is -0.386. The lowest BCUT2D eigenvalue weighted by Crippen LogP contribution is -2.40. The summed E-state index contributed by atoms with van der Waals surface area (Å²) in [7, 11) is 4.03. The molecule has 0 bridgehead atoms. The summed E-state index contributed by atoms with van der Waals surface area (Å²) in [4.78, 5) is 32.4. The van der Waals surface area contributed by atoms with Gasteiger partial charge in [-0.15, -0.1) is 0 Å². The Balaban J connectivity index is 1.57. The first-order valence-corrected chi connectivity index (χ1v) is 9.77. The third kappa shape index (κ3) is 4.91. The van der Waals surface area contributed by atoms with Crippen molar-refractivity contribution in [2.24, 2.45) is 5.73 Å². The highest BCUT2D eigenvalue weighted by Gasteiger charge is 2.27. The summed E-state index contributed by atoms with van der Waals surface area (Å²) in [5.74, 6) is 0.777. The summed E-state index contributed by atoms with van der Waals surface area (Å²) >= 11 is 0. The van der Waals surface area contributed by atoms with Crippen LogP contribution in [0, 0.1) is 0 Å². The summed E-state index contributed by atoms with van der Waals surface area (Å²) in [6.45, 7) is 1.56. The molecule has 1 aliphatic heterocycles. The van der Waals surface area contributed by atoms with Crippen LogP contribution in [-0.2, 0) is 22.6 Å². The first kappa shape index (κ1) is 19.9. The van der Waals surface area contributed by atoms with Gasteiger partial charge in [0.2, 0.25) is 11.8 Å². The number of aryl methyl sites for hydroxylation is 1. The van der Waals surface area contributed by atoms with Gasteiger partial charge in [-0.2, -0.15) is 0 Å². The number of anilines is 1. The molecule has 0 aliphatic carbocycles. The smallest absolute Gasteiger partial charge is 0.237 e. The summed E-state index contributed by atoms with van der Waals surface area (Å²) < 4.78 is 1.80. The molecule has 3 rings (SSSR count). The van der Waals surface area contributed by atoms with Crippen molar-refractivity contribution in [3.05, 3.63) is 48.0 Å². The number of carbonyl (C=O) groups excluding carboxylic acids is 2. The first-order chi connectivity index (χ1) is 13.4. The fourth-order valence-electron chi connectivity index (χ4n) is 3.77. The predicted molar refractivity (Wildman–Crippen MR) is 109 cm³/mol. The molecule has 1 unspecified atom stereocenters. The highest BCUT2D eigenvalue weighted by atomic mass is 16.2. The zero-order valence-corrected chi connectivity index (χ0v) is 16.7. The van der Waals surface area contributed by atoms with Crippen LogP contribution in [-0.4, -0.2) is 53.5 Å². The molecule has 2 heterocycles. The Labute approximate surface area is 166 Å². The predicted octanol–water partition coefficient (Wildman–Crippen LogP) is 1.77. The molecule has 1 aromatic carbocycles. The summed E-state index contributed by atoms with van der Waals surface area (Å²) in [6, 6.07) is 8.33. The van der Waals surface area contributed by atoms with Gasteiger partial charge in [0.05, 0.1) is 0 Å². The van der Waals surface area contributed by atoms with Gasteiger partial charge < -0.3 is 20.1 Å². The Morgan fingerprint density at radius 2 is 2.00 bits per heavy atom. The van der Waals surface area contributed by atoms with E-state index in [0.717, 1.165) is 37.3 Å². The molecule has 2 amide bonds. The zero-order chi connectivity index (χ0) is 20.1. The Bertz CT molecular complexity index is 812. The lowest BCUT2D eigenvalue weighted by atomic mass is 9.96. The van der Waals surface area contributed by atoms with E-state index in [-0.39, 0.29) is 24.3 Å². The number of carbonyl (C=O) groups is 2. The number of nitrogens with zero attached hydrogens (tertiary/aromatic N) is 4. The number of likely N-dealkylation sites (tertiary alicyclic amines) is 1. The molecule has 2 N–H and O–H groups in total. The zero-order valence-electron chi connectivity index (χ0n) is 16.7. The maximum absolute atomic E-state index is 12.7. The van der Waals surface area contributed by atoms with E-state index in [1.54, 1.807) is 17.0 Å². The monoisotopic (exact) mass is 383 g/mol. The van der Waals surface area contributed by atoms with Crippen LogP contribution < -0.4 is 10.6 Å². The van der Waals surface area contributed by atoms with Gasteiger partial charge in [-0.3, -0.25) is 9.59 Å². The molecule has 1 saturated heterocycles. The number of rotatable bonds is 7. The van der Waals surface area contributed by atoms with Gasteiger partial charge >= 0.3 is 0 Å². The number of hydrogen-bond acceptors (Lipinski definition) is 4. The Morgan fingerprint density at radius 1 is 1.25 bits per heavy atom. The molecule has 7 nitrogen and oxygen atoms in total. The van der Waals surface area contributed by atoms with Gasteiger partial charge in [-0.05, 0) is 37.0 Å². The minimum absolute atomic E-state index is 0.128. The average Bonchev–Trinajstić information content (AvgIpc) is 3.14. The highest BCUT2D eigenvalue weighted by Crippen LogP contribution is 2.26. The van der Waals surface area contributed by atoms with Crippen LogP contribution in [0.25, 0.3) is 0 Å². The summed E-state index contributed by atoms with van der Waals surface area (Å²) in [5, 5.41) is 0. The third-order valence-corrected chi connectivity index (χ3v) is 5.29. The molecular weight excluding hydrogens is 354 g/mol. The van der Waals surface area contributed by atoms with Gasteiger partial charge in [-0.25, -0.2) is 4.98 Å². The van der Waals surface area contributed by atoms with Crippen LogP contribution in [0.1, 0.15) is 36.6 Å². The molecule has 28 heavy (non-hydrogen) atoms. The van der Waals surface area contributed by atoms with E-state index in [4.69, 9.17) is 5.73 Å². The second-order valence-corrected chi connectivity index (χ2v) is 7.62. The number of piperidine rings is 1.